The predicted molar refractivity (Wildman–Crippen MR) is 79.0 cm³/mol. The fraction of sp³-hybridized carbons (Fsp3) is 0.533. The van der Waals surface area contributed by atoms with E-state index >= 15 is 0 Å². The fourth-order valence-electron chi connectivity index (χ4n) is 1.93. The van der Waals surface area contributed by atoms with Crippen LogP contribution >= 0.6 is 0 Å². The van der Waals surface area contributed by atoms with E-state index in [4.69, 9.17) is 5.11 Å². The van der Waals surface area contributed by atoms with Crippen molar-refractivity contribution in [3.05, 3.63) is 29.3 Å². The highest BCUT2D eigenvalue weighted by Gasteiger charge is 2.08. The van der Waals surface area contributed by atoms with Crippen LogP contribution in [0.25, 0.3) is 0 Å². The summed E-state index contributed by atoms with van der Waals surface area (Å²) in [4.78, 5) is 11.0. The summed E-state index contributed by atoms with van der Waals surface area (Å²) in [5.74, 6) is -0.857. The Kier molecular flexibility index (Phi) is 6.97. The molecule has 19 heavy (non-hydrogen) atoms. The Hall–Kier alpha value is -1.55. The Balaban J connectivity index is 2.44. The first kappa shape index (κ1) is 15.5. The van der Waals surface area contributed by atoms with Gasteiger partial charge in [0.15, 0.2) is 0 Å². The summed E-state index contributed by atoms with van der Waals surface area (Å²) in [6, 6.07) is 5.43. The molecule has 0 aliphatic rings. The summed E-state index contributed by atoms with van der Waals surface area (Å²) in [7, 11) is 0. The van der Waals surface area contributed by atoms with Gasteiger partial charge in [-0.3, -0.25) is 0 Å². The molecule has 0 saturated heterocycles. The standard InChI is InChI=1S/C15H24N2O2/c1-3-5-8-16-9-10-17-13-6-7-14(15(18)19)12(4-2)11-13/h6-7,11,16-17H,3-5,8-10H2,1-2H3,(H,18,19). The normalized spacial score (nSPS) is 10.4. The van der Waals surface area contributed by atoms with Crippen LogP contribution in [0, 0.1) is 0 Å². The van der Waals surface area contributed by atoms with E-state index in [0.717, 1.165) is 37.3 Å². The summed E-state index contributed by atoms with van der Waals surface area (Å²) in [6.07, 6.45) is 3.14. The highest BCUT2D eigenvalue weighted by atomic mass is 16.4. The van der Waals surface area contributed by atoms with Crippen molar-refractivity contribution in [1.29, 1.82) is 0 Å². The van der Waals surface area contributed by atoms with Crippen LogP contribution in [-0.4, -0.2) is 30.7 Å². The van der Waals surface area contributed by atoms with Crippen LogP contribution in [0.4, 0.5) is 5.69 Å². The van der Waals surface area contributed by atoms with Crippen molar-refractivity contribution in [1.82, 2.24) is 5.32 Å². The number of carboxylic acid groups (broad SMARTS) is 1. The van der Waals surface area contributed by atoms with Crippen LogP contribution in [0.2, 0.25) is 0 Å². The average Bonchev–Trinajstić information content (AvgIpc) is 2.42. The van der Waals surface area contributed by atoms with E-state index in [2.05, 4.69) is 17.6 Å². The van der Waals surface area contributed by atoms with Crippen LogP contribution in [-0.2, 0) is 6.42 Å². The molecule has 0 radical (unpaired) electrons. The van der Waals surface area contributed by atoms with Crippen LogP contribution in [0.15, 0.2) is 18.2 Å². The van der Waals surface area contributed by atoms with Crippen molar-refractivity contribution in [3.8, 4) is 0 Å². The second-order valence-electron chi connectivity index (χ2n) is 4.56. The quantitative estimate of drug-likeness (QED) is 0.600. The molecule has 0 spiro atoms. The summed E-state index contributed by atoms with van der Waals surface area (Å²) in [5.41, 5.74) is 2.25. The zero-order valence-electron chi connectivity index (χ0n) is 11.8. The third kappa shape index (κ3) is 5.30. The lowest BCUT2D eigenvalue weighted by atomic mass is 10.0. The summed E-state index contributed by atoms with van der Waals surface area (Å²) in [5, 5.41) is 15.7. The van der Waals surface area contributed by atoms with Gasteiger partial charge in [0.1, 0.15) is 0 Å². The van der Waals surface area contributed by atoms with Crippen molar-refractivity contribution >= 4 is 11.7 Å². The highest BCUT2D eigenvalue weighted by Crippen LogP contribution is 2.16. The first-order valence-electron chi connectivity index (χ1n) is 6.99. The number of benzene rings is 1. The number of carbonyl (C=O) groups is 1. The van der Waals surface area contributed by atoms with Gasteiger partial charge in [0.25, 0.3) is 0 Å². The summed E-state index contributed by atoms with van der Waals surface area (Å²) >= 11 is 0. The predicted octanol–water partition coefficient (Wildman–Crippen LogP) is 2.75. The Morgan fingerprint density at radius 3 is 2.63 bits per heavy atom. The second kappa shape index (κ2) is 8.53. The number of anilines is 1. The second-order valence-corrected chi connectivity index (χ2v) is 4.56. The van der Waals surface area contributed by atoms with Gasteiger partial charge in [-0.25, -0.2) is 4.79 Å². The maximum Gasteiger partial charge on any atom is 0.335 e. The molecule has 0 unspecified atom stereocenters. The van der Waals surface area contributed by atoms with E-state index < -0.39 is 5.97 Å². The van der Waals surface area contributed by atoms with Crippen molar-refractivity contribution < 1.29 is 9.90 Å². The maximum atomic E-state index is 11.0. The Labute approximate surface area is 115 Å². The zero-order chi connectivity index (χ0) is 14.1. The number of unbranched alkanes of at least 4 members (excludes halogenated alkanes) is 1. The van der Waals surface area contributed by atoms with Crippen molar-refractivity contribution in [2.75, 3.05) is 25.0 Å². The van der Waals surface area contributed by atoms with Crippen molar-refractivity contribution in [2.45, 2.75) is 33.1 Å². The lowest BCUT2D eigenvalue weighted by Gasteiger charge is -2.10. The van der Waals surface area contributed by atoms with Crippen LogP contribution in [0.3, 0.4) is 0 Å². The lowest BCUT2D eigenvalue weighted by molar-refractivity contribution is 0.0696. The largest absolute Gasteiger partial charge is 0.478 e. The fourth-order valence-corrected chi connectivity index (χ4v) is 1.93. The van der Waals surface area contributed by atoms with Crippen LogP contribution < -0.4 is 10.6 Å². The summed E-state index contributed by atoms with van der Waals surface area (Å²) in [6.45, 7) is 6.96. The number of rotatable bonds is 9. The minimum atomic E-state index is -0.857. The topological polar surface area (TPSA) is 61.4 Å². The van der Waals surface area contributed by atoms with E-state index in [0.29, 0.717) is 5.56 Å². The third-order valence-corrected chi connectivity index (χ3v) is 3.05. The number of nitrogens with one attached hydrogen (secondary N) is 2. The average molecular weight is 264 g/mol. The number of aromatic carboxylic acids is 1. The minimum absolute atomic E-state index is 0.397. The molecule has 106 valence electrons. The molecule has 0 fully saturated rings. The van der Waals surface area contributed by atoms with E-state index in [1.54, 1.807) is 6.07 Å². The molecular weight excluding hydrogens is 240 g/mol. The van der Waals surface area contributed by atoms with E-state index in [-0.39, 0.29) is 0 Å². The van der Waals surface area contributed by atoms with Gasteiger partial charge in [-0.1, -0.05) is 20.3 Å². The molecule has 0 bridgehead atoms. The number of carboxylic acids is 1. The minimum Gasteiger partial charge on any atom is -0.478 e. The molecule has 1 aromatic rings. The van der Waals surface area contributed by atoms with Crippen LogP contribution in [0.1, 0.15) is 42.6 Å². The Bertz CT molecular complexity index is 405. The van der Waals surface area contributed by atoms with Gasteiger partial charge in [-0.15, -0.1) is 0 Å². The van der Waals surface area contributed by atoms with Crippen molar-refractivity contribution in [3.63, 3.8) is 0 Å². The first-order chi connectivity index (χ1) is 9.19. The SMILES string of the molecule is CCCCNCCNc1ccc(C(=O)O)c(CC)c1. The van der Waals surface area contributed by atoms with Crippen molar-refractivity contribution in [2.24, 2.45) is 0 Å². The van der Waals surface area contributed by atoms with Gasteiger partial charge in [-0.2, -0.15) is 0 Å². The molecule has 4 heteroatoms. The van der Waals surface area contributed by atoms with Crippen LogP contribution in [0.5, 0.6) is 0 Å². The monoisotopic (exact) mass is 264 g/mol. The van der Waals surface area contributed by atoms with E-state index in [1.165, 1.54) is 12.8 Å². The third-order valence-electron chi connectivity index (χ3n) is 3.05. The molecule has 0 aliphatic carbocycles. The van der Waals surface area contributed by atoms with Gasteiger partial charge in [-0.05, 0) is 43.1 Å². The smallest absolute Gasteiger partial charge is 0.335 e. The number of hydrogen-bond donors (Lipinski definition) is 3. The first-order valence-corrected chi connectivity index (χ1v) is 6.99. The van der Waals surface area contributed by atoms with E-state index in [9.17, 15) is 4.79 Å². The zero-order valence-corrected chi connectivity index (χ0v) is 11.8. The van der Waals surface area contributed by atoms with Gasteiger partial charge >= 0.3 is 5.97 Å². The van der Waals surface area contributed by atoms with Gasteiger partial charge in [0.05, 0.1) is 5.56 Å². The molecular formula is C15H24N2O2. The molecule has 0 saturated carbocycles. The van der Waals surface area contributed by atoms with Gasteiger partial charge < -0.3 is 15.7 Å². The molecule has 0 atom stereocenters. The maximum absolute atomic E-state index is 11.0. The molecule has 0 aromatic heterocycles. The lowest BCUT2D eigenvalue weighted by Crippen LogP contribution is -2.23. The molecule has 4 nitrogen and oxygen atoms in total. The van der Waals surface area contributed by atoms with E-state index in [1.807, 2.05) is 19.1 Å². The van der Waals surface area contributed by atoms with Gasteiger partial charge in [0, 0.05) is 18.8 Å². The Morgan fingerprint density at radius 1 is 1.21 bits per heavy atom. The summed E-state index contributed by atoms with van der Waals surface area (Å²) < 4.78 is 0. The molecule has 1 rings (SSSR count). The molecule has 3 N–H and O–H groups in total. The highest BCUT2D eigenvalue weighted by molar-refractivity contribution is 5.90. The molecule has 0 aliphatic heterocycles. The van der Waals surface area contributed by atoms with Gasteiger partial charge in [0.2, 0.25) is 0 Å². The Morgan fingerprint density at radius 2 is 2.00 bits per heavy atom. The number of hydrogen-bond acceptors (Lipinski definition) is 3. The molecule has 0 amide bonds. The number of aryl methyl sites for hydroxylation is 1. The molecule has 1 aromatic carbocycles. The molecule has 0 heterocycles.